The van der Waals surface area contributed by atoms with E-state index in [-0.39, 0.29) is 4.90 Å². The molecule has 2 aromatic carbocycles. The van der Waals surface area contributed by atoms with E-state index in [1.165, 1.54) is 12.1 Å². The molecule has 0 saturated carbocycles. The maximum atomic E-state index is 12.4. The van der Waals surface area contributed by atoms with Gasteiger partial charge in [0.25, 0.3) is 10.0 Å². The van der Waals surface area contributed by atoms with Gasteiger partial charge in [-0.25, -0.2) is 4.98 Å². The fourth-order valence-corrected chi connectivity index (χ4v) is 3.27. The second kappa shape index (κ2) is 8.05. The average molecular weight is 384 g/mol. The van der Waals surface area contributed by atoms with Crippen molar-refractivity contribution >= 4 is 15.7 Å². The van der Waals surface area contributed by atoms with Crippen molar-refractivity contribution in [2.45, 2.75) is 18.7 Å². The van der Waals surface area contributed by atoms with Gasteiger partial charge in [-0.1, -0.05) is 12.1 Å². The van der Waals surface area contributed by atoms with Gasteiger partial charge in [-0.15, -0.1) is 0 Å². The van der Waals surface area contributed by atoms with E-state index in [4.69, 9.17) is 4.74 Å². The largest absolute Gasteiger partial charge is 0.494 e. The van der Waals surface area contributed by atoms with Crippen molar-refractivity contribution < 1.29 is 13.2 Å². The van der Waals surface area contributed by atoms with Crippen molar-refractivity contribution in [1.29, 1.82) is 0 Å². The van der Waals surface area contributed by atoms with Crippen LogP contribution in [0.15, 0.2) is 77.2 Å². The van der Waals surface area contributed by atoms with Crippen molar-refractivity contribution in [3.63, 3.8) is 0 Å². The Morgan fingerprint density at radius 3 is 2.44 bits per heavy atom. The van der Waals surface area contributed by atoms with Crippen LogP contribution in [0.1, 0.15) is 19.4 Å². The molecule has 0 saturated heterocycles. The van der Waals surface area contributed by atoms with E-state index in [0.29, 0.717) is 18.1 Å². The molecule has 0 radical (unpaired) electrons. The molecule has 27 heavy (non-hydrogen) atoms. The molecule has 0 unspecified atom stereocenters. The Balaban J connectivity index is 1.72. The summed E-state index contributed by atoms with van der Waals surface area (Å²) in [5.41, 5.74) is 2.33. The molecule has 8 heteroatoms. The molecule has 140 valence electrons. The molecule has 0 aliphatic carbocycles. The predicted molar refractivity (Wildman–Crippen MR) is 104 cm³/mol. The van der Waals surface area contributed by atoms with Crippen LogP contribution in [-0.2, 0) is 10.0 Å². The second-order valence-corrected chi connectivity index (χ2v) is 7.37. The molecule has 0 atom stereocenters. The highest BCUT2D eigenvalue weighted by atomic mass is 32.2. The first-order valence-corrected chi connectivity index (χ1v) is 9.85. The molecule has 1 aromatic heterocycles. The van der Waals surface area contributed by atoms with Crippen molar-refractivity contribution in [3.8, 4) is 11.4 Å². The van der Waals surface area contributed by atoms with Gasteiger partial charge in [-0.2, -0.15) is 18.4 Å². The van der Waals surface area contributed by atoms with Crippen LogP contribution in [0.25, 0.3) is 5.69 Å². The van der Waals surface area contributed by atoms with E-state index >= 15 is 0 Å². The van der Waals surface area contributed by atoms with E-state index in [9.17, 15) is 8.42 Å². The summed E-state index contributed by atoms with van der Waals surface area (Å²) in [4.78, 5) is 6.41. The fourth-order valence-electron chi connectivity index (χ4n) is 2.41. The summed E-state index contributed by atoms with van der Waals surface area (Å²) in [5.74, 6) is 0.620. The second-order valence-electron chi connectivity index (χ2n) is 5.71. The van der Waals surface area contributed by atoms with Crippen LogP contribution in [0.2, 0.25) is 0 Å². The molecular formula is C19H20N4O3S. The third-order valence-corrected chi connectivity index (χ3v) is 5.09. The molecule has 7 nitrogen and oxygen atoms in total. The zero-order valence-corrected chi connectivity index (χ0v) is 15.8. The lowest BCUT2D eigenvalue weighted by molar-refractivity contribution is 0.340. The molecule has 0 aliphatic heterocycles. The minimum atomic E-state index is -3.74. The maximum Gasteiger partial charge on any atom is 0.276 e. The Morgan fingerprint density at radius 2 is 1.85 bits per heavy atom. The summed E-state index contributed by atoms with van der Waals surface area (Å²) in [6.07, 6.45) is 5.26. The Morgan fingerprint density at radius 1 is 1.15 bits per heavy atom. The first-order chi connectivity index (χ1) is 13.0. The molecule has 0 bridgehead atoms. The van der Waals surface area contributed by atoms with Gasteiger partial charge >= 0.3 is 0 Å². The average Bonchev–Trinajstić information content (AvgIpc) is 3.22. The van der Waals surface area contributed by atoms with Crippen molar-refractivity contribution in [2.24, 2.45) is 5.10 Å². The van der Waals surface area contributed by atoms with E-state index in [2.05, 4.69) is 14.9 Å². The number of nitrogens with one attached hydrogen (secondary N) is 1. The molecule has 0 spiro atoms. The Kier molecular flexibility index (Phi) is 5.56. The molecule has 1 heterocycles. The van der Waals surface area contributed by atoms with Crippen LogP contribution in [0, 0.1) is 0 Å². The number of aromatic nitrogens is 2. The Labute approximate surface area is 158 Å². The van der Waals surface area contributed by atoms with Gasteiger partial charge in [-0.05, 0) is 55.8 Å². The summed E-state index contributed by atoms with van der Waals surface area (Å²) in [6, 6.07) is 13.8. The first kappa shape index (κ1) is 18.7. The number of imidazole rings is 1. The van der Waals surface area contributed by atoms with Crippen LogP contribution < -0.4 is 9.57 Å². The van der Waals surface area contributed by atoms with E-state index in [1.807, 2.05) is 42.0 Å². The third-order valence-electron chi connectivity index (χ3n) is 3.87. The van der Waals surface area contributed by atoms with Crippen LogP contribution in [0.3, 0.4) is 0 Å². The maximum absolute atomic E-state index is 12.4. The zero-order chi connectivity index (χ0) is 19.3. The van der Waals surface area contributed by atoms with Gasteiger partial charge in [0.15, 0.2) is 0 Å². The molecule has 3 aromatic rings. The summed E-state index contributed by atoms with van der Waals surface area (Å²) in [6.45, 7) is 4.13. The highest BCUT2D eigenvalue weighted by molar-refractivity contribution is 7.89. The topological polar surface area (TPSA) is 85.6 Å². The summed E-state index contributed by atoms with van der Waals surface area (Å²) >= 11 is 0. The molecule has 0 aliphatic rings. The number of hydrogen-bond donors (Lipinski definition) is 1. The fraction of sp³-hybridized carbons (Fsp3) is 0.158. The third kappa shape index (κ3) is 4.53. The minimum absolute atomic E-state index is 0.123. The van der Waals surface area contributed by atoms with E-state index in [0.717, 1.165) is 11.3 Å². The van der Waals surface area contributed by atoms with Gasteiger partial charge in [0.05, 0.1) is 23.5 Å². The van der Waals surface area contributed by atoms with Crippen molar-refractivity contribution in [3.05, 3.63) is 72.8 Å². The van der Waals surface area contributed by atoms with Gasteiger partial charge in [0.1, 0.15) is 5.75 Å². The summed E-state index contributed by atoms with van der Waals surface area (Å²) in [5, 5.41) is 4.02. The molecule has 0 fully saturated rings. The molecule has 3 rings (SSSR count). The van der Waals surface area contributed by atoms with Crippen LogP contribution in [-0.4, -0.2) is 30.3 Å². The Hall–Kier alpha value is -3.13. The number of nitrogens with zero attached hydrogens (tertiary/aromatic N) is 3. The lowest BCUT2D eigenvalue weighted by Gasteiger charge is -2.08. The van der Waals surface area contributed by atoms with Crippen molar-refractivity contribution in [2.75, 3.05) is 6.61 Å². The van der Waals surface area contributed by atoms with Crippen molar-refractivity contribution in [1.82, 2.24) is 14.4 Å². The monoisotopic (exact) mass is 384 g/mol. The lowest BCUT2D eigenvalue weighted by atomic mass is 10.1. The smallest absolute Gasteiger partial charge is 0.276 e. The predicted octanol–water partition coefficient (Wildman–Crippen LogP) is 2.97. The van der Waals surface area contributed by atoms with E-state index in [1.54, 1.807) is 31.6 Å². The van der Waals surface area contributed by atoms with Gasteiger partial charge < -0.3 is 9.30 Å². The number of hydrazone groups is 1. The standard InChI is InChI=1S/C19H20N4O3S/c1-3-26-18-8-10-19(11-9-18)27(24,25)22-21-15(2)16-4-6-17(7-5-16)23-13-12-20-14-23/h4-14,22H,3H2,1-2H3/b21-15+. The van der Waals surface area contributed by atoms with Crippen LogP contribution >= 0.6 is 0 Å². The molecule has 0 amide bonds. The Bertz CT molecular complexity index is 1010. The lowest BCUT2D eigenvalue weighted by Crippen LogP contribution is -2.20. The number of hydrogen-bond acceptors (Lipinski definition) is 5. The first-order valence-electron chi connectivity index (χ1n) is 8.37. The molecular weight excluding hydrogens is 364 g/mol. The SMILES string of the molecule is CCOc1ccc(S(=O)(=O)N/N=C(\C)c2ccc(-n3ccnc3)cc2)cc1. The summed E-state index contributed by atoms with van der Waals surface area (Å²) < 4.78 is 32.0. The number of ether oxygens (including phenoxy) is 1. The number of rotatable bonds is 7. The van der Waals surface area contributed by atoms with Crippen LogP contribution in [0.4, 0.5) is 0 Å². The highest BCUT2D eigenvalue weighted by Crippen LogP contribution is 2.16. The zero-order valence-electron chi connectivity index (χ0n) is 15.0. The van der Waals surface area contributed by atoms with Gasteiger partial charge in [0.2, 0.25) is 0 Å². The minimum Gasteiger partial charge on any atom is -0.494 e. The van der Waals surface area contributed by atoms with E-state index < -0.39 is 10.0 Å². The number of benzene rings is 2. The molecule has 1 N–H and O–H groups in total. The van der Waals surface area contributed by atoms with Gasteiger partial charge in [-0.3, -0.25) is 0 Å². The highest BCUT2D eigenvalue weighted by Gasteiger charge is 2.13. The van der Waals surface area contributed by atoms with Crippen LogP contribution in [0.5, 0.6) is 5.75 Å². The van der Waals surface area contributed by atoms with Gasteiger partial charge in [0, 0.05) is 18.1 Å². The number of sulfonamides is 1. The summed E-state index contributed by atoms with van der Waals surface area (Å²) in [7, 11) is -3.74. The quantitative estimate of drug-likeness (QED) is 0.501. The normalized spacial score (nSPS) is 12.0.